The molecule has 1 amide bonds. The Morgan fingerprint density at radius 1 is 1.38 bits per heavy atom. The Morgan fingerprint density at radius 2 is 2.19 bits per heavy atom. The predicted octanol–water partition coefficient (Wildman–Crippen LogP) is 1.84. The molecule has 0 aliphatic heterocycles. The summed E-state index contributed by atoms with van der Waals surface area (Å²) >= 11 is 1.62. The number of hydrogen-bond acceptors (Lipinski definition) is 4. The van der Waals surface area contributed by atoms with E-state index in [0.29, 0.717) is 13.1 Å². The van der Waals surface area contributed by atoms with Crippen LogP contribution in [-0.2, 0) is 4.79 Å². The van der Waals surface area contributed by atoms with E-state index < -0.39 is 0 Å². The van der Waals surface area contributed by atoms with Crippen molar-refractivity contribution in [2.45, 2.75) is 6.92 Å². The SMILES string of the molecule is CC(=O)NCCNc1nc2ccccc2s1. The van der Waals surface area contributed by atoms with Crippen molar-refractivity contribution in [3.05, 3.63) is 24.3 Å². The third-order valence-electron chi connectivity index (χ3n) is 2.07. The minimum atomic E-state index is -0.00824. The number of nitrogens with zero attached hydrogens (tertiary/aromatic N) is 1. The molecular weight excluding hydrogens is 222 g/mol. The molecule has 0 unspecified atom stereocenters. The number of benzene rings is 1. The van der Waals surface area contributed by atoms with Crippen molar-refractivity contribution in [1.29, 1.82) is 0 Å². The van der Waals surface area contributed by atoms with Crippen molar-refractivity contribution in [2.24, 2.45) is 0 Å². The topological polar surface area (TPSA) is 54.0 Å². The molecule has 0 fully saturated rings. The number of aromatic nitrogens is 1. The number of carbonyl (C=O) groups is 1. The van der Waals surface area contributed by atoms with Gasteiger partial charge in [-0.3, -0.25) is 4.79 Å². The zero-order valence-corrected chi connectivity index (χ0v) is 9.80. The highest BCUT2D eigenvalue weighted by Gasteiger charge is 2.01. The molecule has 0 bridgehead atoms. The number of para-hydroxylation sites is 1. The highest BCUT2D eigenvalue weighted by molar-refractivity contribution is 7.22. The summed E-state index contributed by atoms with van der Waals surface area (Å²) in [6, 6.07) is 8.02. The van der Waals surface area contributed by atoms with E-state index in [0.717, 1.165) is 10.6 Å². The highest BCUT2D eigenvalue weighted by Crippen LogP contribution is 2.24. The van der Waals surface area contributed by atoms with Gasteiger partial charge in [-0.05, 0) is 12.1 Å². The normalized spacial score (nSPS) is 10.3. The maximum Gasteiger partial charge on any atom is 0.216 e. The number of thiazole rings is 1. The van der Waals surface area contributed by atoms with Gasteiger partial charge in [0.15, 0.2) is 5.13 Å². The van der Waals surface area contributed by atoms with Gasteiger partial charge in [0.05, 0.1) is 10.2 Å². The molecule has 2 N–H and O–H groups in total. The fraction of sp³-hybridized carbons (Fsp3) is 0.273. The van der Waals surface area contributed by atoms with Gasteiger partial charge in [0.1, 0.15) is 0 Å². The van der Waals surface area contributed by atoms with Crippen LogP contribution in [0.2, 0.25) is 0 Å². The molecule has 1 heterocycles. The van der Waals surface area contributed by atoms with Gasteiger partial charge in [-0.1, -0.05) is 23.5 Å². The van der Waals surface area contributed by atoms with Crippen LogP contribution in [0, 0.1) is 0 Å². The molecule has 0 aliphatic rings. The first kappa shape index (κ1) is 10.9. The first-order chi connectivity index (χ1) is 7.75. The van der Waals surface area contributed by atoms with E-state index in [1.807, 2.05) is 24.3 Å². The first-order valence-corrected chi connectivity index (χ1v) is 5.91. The van der Waals surface area contributed by atoms with Gasteiger partial charge in [-0.25, -0.2) is 4.98 Å². The van der Waals surface area contributed by atoms with Crippen LogP contribution in [0.4, 0.5) is 5.13 Å². The molecule has 0 radical (unpaired) electrons. The second-order valence-electron chi connectivity index (χ2n) is 3.40. The largest absolute Gasteiger partial charge is 0.360 e. The van der Waals surface area contributed by atoms with E-state index in [4.69, 9.17) is 0 Å². The molecule has 84 valence electrons. The predicted molar refractivity (Wildman–Crippen MR) is 66.8 cm³/mol. The molecular formula is C11H13N3OS. The minimum absolute atomic E-state index is 0.00824. The van der Waals surface area contributed by atoms with Crippen LogP contribution in [0.3, 0.4) is 0 Å². The van der Waals surface area contributed by atoms with Crippen LogP contribution in [0.5, 0.6) is 0 Å². The average molecular weight is 235 g/mol. The standard InChI is InChI=1S/C11H13N3OS/c1-8(15)12-6-7-13-11-14-9-4-2-3-5-10(9)16-11/h2-5H,6-7H2,1H3,(H,12,15)(H,13,14). The van der Waals surface area contributed by atoms with Crippen LogP contribution in [-0.4, -0.2) is 24.0 Å². The molecule has 0 spiro atoms. The number of carbonyl (C=O) groups excluding carboxylic acids is 1. The maximum absolute atomic E-state index is 10.6. The van der Waals surface area contributed by atoms with Gasteiger partial charge >= 0.3 is 0 Å². The number of amides is 1. The Morgan fingerprint density at radius 3 is 2.94 bits per heavy atom. The van der Waals surface area contributed by atoms with Gasteiger partial charge in [0.25, 0.3) is 0 Å². The van der Waals surface area contributed by atoms with E-state index in [2.05, 4.69) is 15.6 Å². The zero-order valence-electron chi connectivity index (χ0n) is 8.99. The van der Waals surface area contributed by atoms with E-state index in [-0.39, 0.29) is 5.91 Å². The lowest BCUT2D eigenvalue weighted by atomic mass is 10.3. The van der Waals surface area contributed by atoms with E-state index in [9.17, 15) is 4.79 Å². The van der Waals surface area contributed by atoms with Crippen LogP contribution < -0.4 is 10.6 Å². The summed E-state index contributed by atoms with van der Waals surface area (Å²) in [5.41, 5.74) is 1.01. The summed E-state index contributed by atoms with van der Waals surface area (Å²) in [5.74, 6) is -0.00824. The Balaban J connectivity index is 1.92. The highest BCUT2D eigenvalue weighted by atomic mass is 32.1. The first-order valence-electron chi connectivity index (χ1n) is 5.09. The number of hydrogen-bond donors (Lipinski definition) is 2. The van der Waals surface area contributed by atoms with Crippen molar-refractivity contribution in [2.75, 3.05) is 18.4 Å². The van der Waals surface area contributed by atoms with E-state index in [1.54, 1.807) is 11.3 Å². The summed E-state index contributed by atoms with van der Waals surface area (Å²) in [6.07, 6.45) is 0. The number of fused-ring (bicyclic) bond motifs is 1. The lowest BCUT2D eigenvalue weighted by Crippen LogP contribution is -2.26. The molecule has 0 atom stereocenters. The van der Waals surface area contributed by atoms with Gasteiger partial charge in [0.2, 0.25) is 5.91 Å². The van der Waals surface area contributed by atoms with Gasteiger partial charge < -0.3 is 10.6 Å². The summed E-state index contributed by atoms with van der Waals surface area (Å²) < 4.78 is 1.17. The summed E-state index contributed by atoms with van der Waals surface area (Å²) in [7, 11) is 0. The summed E-state index contributed by atoms with van der Waals surface area (Å²) in [5, 5.41) is 6.80. The maximum atomic E-state index is 10.6. The Hall–Kier alpha value is -1.62. The third-order valence-corrected chi connectivity index (χ3v) is 3.06. The van der Waals surface area contributed by atoms with Crippen molar-refractivity contribution in [3.8, 4) is 0 Å². The fourth-order valence-corrected chi connectivity index (χ4v) is 2.25. The van der Waals surface area contributed by atoms with E-state index >= 15 is 0 Å². The quantitative estimate of drug-likeness (QED) is 0.795. The summed E-state index contributed by atoms with van der Waals surface area (Å²) in [6.45, 7) is 2.82. The molecule has 1 aromatic carbocycles. The third kappa shape index (κ3) is 2.70. The van der Waals surface area contributed by atoms with Crippen molar-refractivity contribution >= 4 is 32.6 Å². The van der Waals surface area contributed by atoms with Crippen LogP contribution in [0.25, 0.3) is 10.2 Å². The molecule has 0 saturated heterocycles. The van der Waals surface area contributed by atoms with Gasteiger partial charge in [0, 0.05) is 20.0 Å². The molecule has 0 saturated carbocycles. The second-order valence-corrected chi connectivity index (χ2v) is 4.43. The Bertz CT molecular complexity index is 462. The lowest BCUT2D eigenvalue weighted by molar-refractivity contribution is -0.118. The lowest BCUT2D eigenvalue weighted by Gasteiger charge is -2.02. The average Bonchev–Trinajstić information content (AvgIpc) is 2.66. The molecule has 16 heavy (non-hydrogen) atoms. The number of nitrogens with one attached hydrogen (secondary N) is 2. The summed E-state index contributed by atoms with van der Waals surface area (Å²) in [4.78, 5) is 15.1. The monoisotopic (exact) mass is 235 g/mol. The van der Waals surface area contributed by atoms with Crippen LogP contribution >= 0.6 is 11.3 Å². The van der Waals surface area contributed by atoms with Crippen LogP contribution in [0.1, 0.15) is 6.92 Å². The smallest absolute Gasteiger partial charge is 0.216 e. The number of anilines is 1. The van der Waals surface area contributed by atoms with E-state index in [1.165, 1.54) is 11.6 Å². The molecule has 2 aromatic rings. The molecule has 5 heteroatoms. The second kappa shape index (κ2) is 4.94. The Kier molecular flexibility index (Phi) is 3.36. The molecule has 0 aliphatic carbocycles. The van der Waals surface area contributed by atoms with Crippen LogP contribution in [0.15, 0.2) is 24.3 Å². The zero-order chi connectivity index (χ0) is 11.4. The van der Waals surface area contributed by atoms with Gasteiger partial charge in [-0.15, -0.1) is 0 Å². The van der Waals surface area contributed by atoms with Crippen molar-refractivity contribution in [3.63, 3.8) is 0 Å². The fourth-order valence-electron chi connectivity index (χ4n) is 1.36. The Labute approximate surface area is 97.7 Å². The van der Waals surface area contributed by atoms with Crippen molar-refractivity contribution < 1.29 is 4.79 Å². The van der Waals surface area contributed by atoms with Gasteiger partial charge in [-0.2, -0.15) is 0 Å². The van der Waals surface area contributed by atoms with Crippen molar-refractivity contribution in [1.82, 2.24) is 10.3 Å². The minimum Gasteiger partial charge on any atom is -0.360 e. The molecule has 4 nitrogen and oxygen atoms in total. The molecule has 2 rings (SSSR count). The molecule has 1 aromatic heterocycles. The number of rotatable bonds is 4.